The molecule has 0 bridgehead atoms. The van der Waals surface area contributed by atoms with E-state index in [2.05, 4.69) is 5.92 Å². The lowest BCUT2D eigenvalue weighted by Gasteiger charge is -1.93. The summed E-state index contributed by atoms with van der Waals surface area (Å²) in [4.78, 5) is 8.90. The number of nitrogens with two attached hydrogens (primary N) is 1. The highest BCUT2D eigenvalue weighted by Crippen LogP contribution is 2.13. The van der Waals surface area contributed by atoms with Crippen molar-refractivity contribution in [2.75, 3.05) is 0 Å². The molecule has 0 radical (unpaired) electrons. The number of carboxylic acid groups (broad SMARTS) is 1. The summed E-state index contributed by atoms with van der Waals surface area (Å²) in [5.41, 5.74) is 5.24. The van der Waals surface area contributed by atoms with Crippen molar-refractivity contribution in [2.45, 2.75) is 25.6 Å². The number of carboxylic acids is 1. The molecule has 76 valence electrons. The second-order valence-electron chi connectivity index (χ2n) is 1.98. The Morgan fingerprint density at radius 2 is 2.00 bits per heavy atom. The lowest BCUT2D eigenvalue weighted by Crippen LogP contribution is -2.21. The second-order valence-corrected chi connectivity index (χ2v) is 1.98. The molecule has 0 saturated heterocycles. The molecule has 6 heteroatoms. The van der Waals surface area contributed by atoms with E-state index in [4.69, 9.17) is 22.1 Å². The Hall–Kier alpha value is -1.22. The summed E-state index contributed by atoms with van der Waals surface area (Å²) in [5, 5.41) is 7.12. The predicted molar refractivity (Wildman–Crippen MR) is 40.8 cm³/mol. The molecule has 0 aliphatic rings. The van der Waals surface area contributed by atoms with Crippen LogP contribution in [0, 0.1) is 12.3 Å². The smallest absolute Gasteiger partial charge is 0.475 e. The number of hydrogen-bond donors (Lipinski definition) is 2. The van der Waals surface area contributed by atoms with Crippen molar-refractivity contribution in [3.8, 4) is 12.3 Å². The average Bonchev–Trinajstić information content (AvgIpc) is 2.02. The summed E-state index contributed by atoms with van der Waals surface area (Å²) in [6, 6.07) is -0.0370. The van der Waals surface area contributed by atoms with Crippen LogP contribution in [0.4, 0.5) is 13.2 Å². The lowest BCUT2D eigenvalue weighted by atomic mass is 10.3. The summed E-state index contributed by atoms with van der Waals surface area (Å²) in [7, 11) is 0. The van der Waals surface area contributed by atoms with Crippen LogP contribution in [-0.4, -0.2) is 23.3 Å². The molecule has 1 atom stereocenters. The first-order valence-electron chi connectivity index (χ1n) is 3.27. The van der Waals surface area contributed by atoms with Crippen molar-refractivity contribution in [3.05, 3.63) is 0 Å². The minimum atomic E-state index is -5.08. The van der Waals surface area contributed by atoms with Crippen molar-refractivity contribution in [2.24, 2.45) is 5.73 Å². The highest BCUT2D eigenvalue weighted by atomic mass is 19.4. The third-order valence-corrected chi connectivity index (χ3v) is 0.896. The third kappa shape index (κ3) is 10.8. The van der Waals surface area contributed by atoms with Gasteiger partial charge in [0.1, 0.15) is 0 Å². The summed E-state index contributed by atoms with van der Waals surface area (Å²) < 4.78 is 31.7. The number of alkyl halides is 3. The summed E-state index contributed by atoms with van der Waals surface area (Å²) in [6.07, 6.45) is 0.696. The van der Waals surface area contributed by atoms with Crippen molar-refractivity contribution in [3.63, 3.8) is 0 Å². The molecule has 0 aliphatic carbocycles. The zero-order chi connectivity index (χ0) is 11.1. The van der Waals surface area contributed by atoms with Gasteiger partial charge in [0.2, 0.25) is 0 Å². The van der Waals surface area contributed by atoms with Crippen molar-refractivity contribution < 1.29 is 23.1 Å². The molecule has 1 unspecified atom stereocenters. The Kier molecular flexibility index (Phi) is 6.95. The maximum atomic E-state index is 10.6. The fourth-order valence-electron chi connectivity index (χ4n) is 0.118. The van der Waals surface area contributed by atoms with Crippen molar-refractivity contribution in [1.82, 2.24) is 0 Å². The van der Waals surface area contributed by atoms with Crippen LogP contribution in [-0.2, 0) is 4.79 Å². The maximum Gasteiger partial charge on any atom is 0.490 e. The third-order valence-electron chi connectivity index (χ3n) is 0.896. The van der Waals surface area contributed by atoms with Crippen LogP contribution in [0.25, 0.3) is 0 Å². The number of hydrogen-bond acceptors (Lipinski definition) is 2. The Morgan fingerprint density at radius 1 is 1.69 bits per heavy atom. The van der Waals surface area contributed by atoms with Gasteiger partial charge >= 0.3 is 12.1 Å². The fraction of sp³-hybridized carbons (Fsp3) is 0.571. The summed E-state index contributed by atoms with van der Waals surface area (Å²) in [6.45, 7) is 1.96. The van der Waals surface area contributed by atoms with Gasteiger partial charge in [-0.3, -0.25) is 0 Å². The minimum Gasteiger partial charge on any atom is -0.475 e. The molecule has 0 aliphatic heterocycles. The van der Waals surface area contributed by atoms with Crippen molar-refractivity contribution in [1.29, 1.82) is 0 Å². The van der Waals surface area contributed by atoms with Crippen LogP contribution >= 0.6 is 0 Å². The normalized spacial score (nSPS) is 12.0. The zero-order valence-electron chi connectivity index (χ0n) is 6.93. The SMILES string of the molecule is C#CC(N)CC.O=C(O)C(F)(F)F. The van der Waals surface area contributed by atoms with Gasteiger partial charge in [-0.15, -0.1) is 6.42 Å². The number of carbonyl (C=O) groups is 1. The molecule has 0 aromatic rings. The van der Waals surface area contributed by atoms with Crippen LogP contribution in [0.5, 0.6) is 0 Å². The summed E-state index contributed by atoms with van der Waals surface area (Å²) in [5.74, 6) is -0.365. The molecule has 0 rings (SSSR count). The Labute approximate surface area is 73.7 Å². The Balaban J connectivity index is 0. The van der Waals surface area contributed by atoms with E-state index in [0.717, 1.165) is 6.42 Å². The molecule has 3 nitrogen and oxygen atoms in total. The average molecular weight is 197 g/mol. The predicted octanol–water partition coefficient (Wildman–Crippen LogP) is 0.990. The van der Waals surface area contributed by atoms with Gasteiger partial charge in [0, 0.05) is 0 Å². The molecule has 0 aromatic carbocycles. The Bertz CT molecular complexity index is 195. The van der Waals surface area contributed by atoms with Gasteiger partial charge in [0.15, 0.2) is 0 Å². The molecule has 0 fully saturated rings. The second kappa shape index (κ2) is 6.31. The molecule has 0 aromatic heterocycles. The number of rotatable bonds is 1. The van der Waals surface area contributed by atoms with Gasteiger partial charge in [-0.2, -0.15) is 13.2 Å². The standard InChI is InChI=1S/C5H9N.C2HF3O2/c1-3-5(6)4-2;3-2(4,5)1(6)7/h1,5H,4,6H2,2H3;(H,6,7). The number of terminal acetylenes is 1. The first-order valence-corrected chi connectivity index (χ1v) is 3.27. The van der Waals surface area contributed by atoms with E-state index in [1.54, 1.807) is 0 Å². The van der Waals surface area contributed by atoms with Gasteiger partial charge in [-0.1, -0.05) is 12.8 Å². The number of aliphatic carboxylic acids is 1. The minimum absolute atomic E-state index is 0.0370. The highest BCUT2D eigenvalue weighted by Gasteiger charge is 2.38. The topological polar surface area (TPSA) is 63.3 Å². The molecule has 0 heterocycles. The van der Waals surface area contributed by atoms with E-state index in [-0.39, 0.29) is 6.04 Å². The highest BCUT2D eigenvalue weighted by molar-refractivity contribution is 5.73. The van der Waals surface area contributed by atoms with Crippen LogP contribution in [0.1, 0.15) is 13.3 Å². The van der Waals surface area contributed by atoms with Gasteiger partial charge in [0.05, 0.1) is 6.04 Å². The zero-order valence-corrected chi connectivity index (χ0v) is 6.93. The van der Waals surface area contributed by atoms with Crippen molar-refractivity contribution >= 4 is 5.97 Å². The van der Waals surface area contributed by atoms with E-state index in [1.807, 2.05) is 6.92 Å². The van der Waals surface area contributed by atoms with E-state index in [0.29, 0.717) is 0 Å². The Morgan fingerprint density at radius 3 is 2.00 bits per heavy atom. The van der Waals surface area contributed by atoms with Gasteiger partial charge in [0.25, 0.3) is 0 Å². The van der Waals surface area contributed by atoms with Crippen LogP contribution in [0.2, 0.25) is 0 Å². The first kappa shape index (κ1) is 14.3. The van der Waals surface area contributed by atoms with E-state index in [9.17, 15) is 13.2 Å². The van der Waals surface area contributed by atoms with Gasteiger partial charge in [-0.25, -0.2) is 4.79 Å². The van der Waals surface area contributed by atoms with Gasteiger partial charge < -0.3 is 10.8 Å². The molecular weight excluding hydrogens is 187 g/mol. The molecule has 0 spiro atoms. The molecular formula is C7H10F3NO2. The van der Waals surface area contributed by atoms with E-state index >= 15 is 0 Å². The largest absolute Gasteiger partial charge is 0.490 e. The fourth-order valence-corrected chi connectivity index (χ4v) is 0.118. The monoisotopic (exact) mass is 197 g/mol. The lowest BCUT2D eigenvalue weighted by molar-refractivity contribution is -0.192. The maximum absolute atomic E-state index is 10.6. The first-order chi connectivity index (χ1) is 5.75. The molecule has 3 N–H and O–H groups in total. The van der Waals surface area contributed by atoms with Crippen LogP contribution < -0.4 is 5.73 Å². The molecule has 13 heavy (non-hydrogen) atoms. The summed E-state index contributed by atoms with van der Waals surface area (Å²) >= 11 is 0. The van der Waals surface area contributed by atoms with E-state index in [1.165, 1.54) is 0 Å². The van der Waals surface area contributed by atoms with Gasteiger partial charge in [-0.05, 0) is 6.42 Å². The quantitative estimate of drug-likeness (QED) is 0.616. The molecule has 0 saturated carbocycles. The van der Waals surface area contributed by atoms with Crippen LogP contribution in [0.3, 0.4) is 0 Å². The molecule has 0 amide bonds. The van der Waals surface area contributed by atoms with Crippen LogP contribution in [0.15, 0.2) is 0 Å². The number of halogens is 3. The van der Waals surface area contributed by atoms with E-state index < -0.39 is 12.1 Å².